The summed E-state index contributed by atoms with van der Waals surface area (Å²) in [4.78, 5) is 17.7. The second-order valence-corrected chi connectivity index (χ2v) is 7.99. The zero-order valence-electron chi connectivity index (χ0n) is 13.2. The van der Waals surface area contributed by atoms with E-state index in [0.717, 1.165) is 18.7 Å². The molecule has 0 bridgehead atoms. The van der Waals surface area contributed by atoms with Crippen molar-refractivity contribution < 1.29 is 4.79 Å². The van der Waals surface area contributed by atoms with Crippen LogP contribution in [0.3, 0.4) is 0 Å². The van der Waals surface area contributed by atoms with E-state index in [1.54, 1.807) is 6.20 Å². The summed E-state index contributed by atoms with van der Waals surface area (Å²) >= 11 is 1.83. The molecule has 2 aromatic rings. The van der Waals surface area contributed by atoms with Crippen LogP contribution in [-0.2, 0) is 4.79 Å². The number of nitrogens with zero attached hydrogens (tertiary/aromatic N) is 3. The molecule has 1 amide bonds. The first-order valence-electron chi connectivity index (χ1n) is 7.99. The number of aromatic nitrogens is 2. The van der Waals surface area contributed by atoms with E-state index in [9.17, 15) is 4.79 Å². The molecule has 1 fully saturated rings. The molecule has 3 heterocycles. The van der Waals surface area contributed by atoms with Crippen LogP contribution in [0.5, 0.6) is 0 Å². The minimum atomic E-state index is 0.150. The predicted molar refractivity (Wildman–Crippen MR) is 88.4 cm³/mol. The zero-order valence-corrected chi connectivity index (χ0v) is 14.0. The van der Waals surface area contributed by atoms with E-state index in [-0.39, 0.29) is 17.9 Å². The van der Waals surface area contributed by atoms with Crippen molar-refractivity contribution in [1.82, 2.24) is 9.78 Å². The monoisotopic (exact) mass is 315 g/mol. The van der Waals surface area contributed by atoms with E-state index in [2.05, 4.69) is 38.0 Å². The van der Waals surface area contributed by atoms with Crippen molar-refractivity contribution in [3.8, 4) is 0 Å². The molecule has 0 radical (unpaired) electrons. The van der Waals surface area contributed by atoms with E-state index in [1.165, 1.54) is 9.75 Å². The van der Waals surface area contributed by atoms with Crippen molar-refractivity contribution in [3.05, 3.63) is 34.2 Å². The van der Waals surface area contributed by atoms with Gasteiger partial charge in [-0.15, -0.1) is 11.3 Å². The first-order chi connectivity index (χ1) is 10.6. The SMILES string of the molecule is Cc1ccc(C2CC2C(=O)N2c3ccnn3C(C)CC2C)s1. The number of aryl methyl sites for hydroxylation is 1. The highest BCUT2D eigenvalue weighted by atomic mass is 32.1. The standard InChI is InChI=1S/C17H21N3OS/c1-10-8-11(2)20-16(6-7-18-20)19(10)17(21)14-9-13(14)15-5-4-12(3)22-15/h4-7,10-11,13-14H,8-9H2,1-3H3. The number of carbonyl (C=O) groups excluding carboxylic acids is 1. The van der Waals surface area contributed by atoms with Gasteiger partial charge >= 0.3 is 0 Å². The third-order valence-corrected chi connectivity index (χ3v) is 6.04. The Kier molecular flexibility index (Phi) is 3.15. The molecule has 0 saturated heterocycles. The first kappa shape index (κ1) is 14.0. The van der Waals surface area contributed by atoms with Gasteiger partial charge in [0, 0.05) is 33.7 Å². The molecule has 4 nitrogen and oxygen atoms in total. The largest absolute Gasteiger partial charge is 0.294 e. The van der Waals surface area contributed by atoms with Gasteiger partial charge in [-0.3, -0.25) is 9.69 Å². The summed E-state index contributed by atoms with van der Waals surface area (Å²) in [6.07, 6.45) is 3.76. The van der Waals surface area contributed by atoms with E-state index >= 15 is 0 Å². The second kappa shape index (κ2) is 4.95. The van der Waals surface area contributed by atoms with Crippen LogP contribution in [0.2, 0.25) is 0 Å². The first-order valence-corrected chi connectivity index (χ1v) is 8.81. The molecule has 0 spiro atoms. The highest BCUT2D eigenvalue weighted by molar-refractivity contribution is 7.12. The molecule has 2 aliphatic rings. The van der Waals surface area contributed by atoms with E-state index in [0.29, 0.717) is 12.0 Å². The van der Waals surface area contributed by atoms with Crippen molar-refractivity contribution in [3.63, 3.8) is 0 Å². The molecule has 5 heteroatoms. The average molecular weight is 315 g/mol. The van der Waals surface area contributed by atoms with E-state index in [4.69, 9.17) is 0 Å². The van der Waals surface area contributed by atoms with Crippen molar-refractivity contribution in [2.75, 3.05) is 4.90 Å². The highest BCUT2D eigenvalue weighted by Gasteiger charge is 2.48. The molecular formula is C17H21N3OS. The van der Waals surface area contributed by atoms with Crippen LogP contribution in [0.4, 0.5) is 5.82 Å². The van der Waals surface area contributed by atoms with Gasteiger partial charge in [-0.1, -0.05) is 0 Å². The lowest BCUT2D eigenvalue weighted by Crippen LogP contribution is -2.45. The number of hydrogen-bond donors (Lipinski definition) is 0. The maximum absolute atomic E-state index is 13.0. The van der Waals surface area contributed by atoms with Crippen molar-refractivity contribution in [2.45, 2.75) is 51.6 Å². The molecule has 0 N–H and O–H groups in total. The van der Waals surface area contributed by atoms with E-state index < -0.39 is 0 Å². The summed E-state index contributed by atoms with van der Waals surface area (Å²) in [7, 11) is 0. The maximum Gasteiger partial charge on any atom is 0.232 e. The third kappa shape index (κ3) is 2.10. The summed E-state index contributed by atoms with van der Waals surface area (Å²) in [6, 6.07) is 6.91. The quantitative estimate of drug-likeness (QED) is 0.846. The van der Waals surface area contributed by atoms with Gasteiger partial charge in [-0.25, -0.2) is 4.68 Å². The van der Waals surface area contributed by atoms with E-state index in [1.807, 2.05) is 27.0 Å². The number of amides is 1. The van der Waals surface area contributed by atoms with Crippen LogP contribution < -0.4 is 4.90 Å². The van der Waals surface area contributed by atoms with Crippen LogP contribution in [0.1, 0.15) is 48.4 Å². The summed E-state index contributed by atoms with van der Waals surface area (Å²) in [6.45, 7) is 6.45. The number of fused-ring (bicyclic) bond motifs is 1. The van der Waals surface area contributed by atoms with Crippen molar-refractivity contribution in [1.29, 1.82) is 0 Å². The van der Waals surface area contributed by atoms with Crippen LogP contribution in [-0.4, -0.2) is 21.7 Å². The molecular weight excluding hydrogens is 294 g/mol. The Labute approximate surface area is 134 Å². The van der Waals surface area contributed by atoms with Gasteiger partial charge in [-0.2, -0.15) is 5.10 Å². The summed E-state index contributed by atoms with van der Waals surface area (Å²) in [5, 5.41) is 4.39. The average Bonchev–Trinajstić information content (AvgIpc) is 2.89. The number of anilines is 1. The minimum absolute atomic E-state index is 0.150. The summed E-state index contributed by atoms with van der Waals surface area (Å²) < 4.78 is 1.99. The fourth-order valence-corrected chi connectivity index (χ4v) is 4.76. The van der Waals surface area contributed by atoms with Crippen LogP contribution >= 0.6 is 11.3 Å². The fourth-order valence-electron chi connectivity index (χ4n) is 3.71. The number of thiophene rings is 1. The van der Waals surface area contributed by atoms with Gasteiger partial charge in [0.15, 0.2) is 0 Å². The molecule has 1 saturated carbocycles. The fraction of sp³-hybridized carbons (Fsp3) is 0.529. The normalized spacial score (nSPS) is 30.2. The van der Waals surface area contributed by atoms with Crippen LogP contribution in [0, 0.1) is 12.8 Å². The van der Waals surface area contributed by atoms with Gasteiger partial charge in [0.05, 0.1) is 12.2 Å². The summed E-state index contributed by atoms with van der Waals surface area (Å²) in [5.74, 6) is 1.81. The maximum atomic E-state index is 13.0. The topological polar surface area (TPSA) is 38.1 Å². The van der Waals surface area contributed by atoms with Gasteiger partial charge in [0.1, 0.15) is 5.82 Å². The molecule has 1 aliphatic carbocycles. The Morgan fingerprint density at radius 3 is 2.77 bits per heavy atom. The molecule has 4 unspecified atom stereocenters. The Hall–Kier alpha value is -1.62. The zero-order chi connectivity index (χ0) is 15.4. The van der Waals surface area contributed by atoms with Gasteiger partial charge in [0.2, 0.25) is 5.91 Å². The van der Waals surface area contributed by atoms with Crippen molar-refractivity contribution in [2.24, 2.45) is 5.92 Å². The Morgan fingerprint density at radius 2 is 2.05 bits per heavy atom. The minimum Gasteiger partial charge on any atom is -0.294 e. The number of hydrogen-bond acceptors (Lipinski definition) is 3. The predicted octanol–water partition coefficient (Wildman–Crippen LogP) is 3.74. The number of rotatable bonds is 2. The van der Waals surface area contributed by atoms with Crippen LogP contribution in [0.15, 0.2) is 24.4 Å². The Balaban J connectivity index is 1.58. The highest BCUT2D eigenvalue weighted by Crippen LogP contribution is 2.51. The smallest absolute Gasteiger partial charge is 0.232 e. The molecule has 4 rings (SSSR count). The lowest BCUT2D eigenvalue weighted by molar-refractivity contribution is -0.120. The third-order valence-electron chi connectivity index (χ3n) is 4.91. The lowest BCUT2D eigenvalue weighted by Gasteiger charge is -2.37. The Morgan fingerprint density at radius 1 is 1.23 bits per heavy atom. The Bertz CT molecular complexity index is 719. The van der Waals surface area contributed by atoms with Gasteiger partial charge < -0.3 is 0 Å². The van der Waals surface area contributed by atoms with Gasteiger partial charge in [-0.05, 0) is 45.7 Å². The summed E-state index contributed by atoms with van der Waals surface area (Å²) in [5.41, 5.74) is 0. The van der Waals surface area contributed by atoms with Crippen LogP contribution in [0.25, 0.3) is 0 Å². The second-order valence-electron chi connectivity index (χ2n) is 6.67. The molecule has 116 valence electrons. The molecule has 2 aromatic heterocycles. The molecule has 1 aliphatic heterocycles. The molecule has 4 atom stereocenters. The van der Waals surface area contributed by atoms with Crippen molar-refractivity contribution >= 4 is 23.1 Å². The van der Waals surface area contributed by atoms with Gasteiger partial charge in [0.25, 0.3) is 0 Å². The number of carbonyl (C=O) groups is 1. The molecule has 22 heavy (non-hydrogen) atoms. The lowest BCUT2D eigenvalue weighted by atomic mass is 10.0. The molecule has 0 aromatic carbocycles.